The molecular formula is C21H25N5O4S. The molecule has 0 atom stereocenters. The standard InChI is InChI=1S/C21H25N5O4S/c1-3-26(31(2,28)29)13-17-5-4-16(30-17)12-25-11-8-19-18(14-25)21(27)24-20(23-19)15-6-9-22-10-7-15/h4-7,9-10H,3,8,11-14H2,1-2H3,(H,23,24,27). The molecule has 0 aliphatic carbocycles. The second-order valence-corrected chi connectivity index (χ2v) is 9.58. The molecule has 0 aromatic carbocycles. The van der Waals surface area contributed by atoms with Crippen LogP contribution in [-0.4, -0.2) is 51.9 Å². The number of furan rings is 1. The average Bonchev–Trinajstić information content (AvgIpc) is 3.19. The van der Waals surface area contributed by atoms with Crippen LogP contribution >= 0.6 is 0 Å². The van der Waals surface area contributed by atoms with Crippen molar-refractivity contribution >= 4 is 10.0 Å². The van der Waals surface area contributed by atoms with Crippen molar-refractivity contribution in [2.75, 3.05) is 19.3 Å². The van der Waals surface area contributed by atoms with Crippen molar-refractivity contribution in [3.8, 4) is 11.4 Å². The first kappa shape index (κ1) is 21.4. The molecule has 3 aromatic rings. The topological polar surface area (TPSA) is 112 Å². The fourth-order valence-corrected chi connectivity index (χ4v) is 4.54. The van der Waals surface area contributed by atoms with Crippen LogP contribution in [0, 0.1) is 0 Å². The van der Waals surface area contributed by atoms with Crippen LogP contribution in [0.5, 0.6) is 0 Å². The Labute approximate surface area is 180 Å². The summed E-state index contributed by atoms with van der Waals surface area (Å²) in [6.45, 7) is 4.15. The number of fused-ring (bicyclic) bond motifs is 1. The third-order valence-corrected chi connectivity index (χ3v) is 6.68. The first-order valence-corrected chi connectivity index (χ1v) is 12.0. The summed E-state index contributed by atoms with van der Waals surface area (Å²) >= 11 is 0. The molecule has 4 rings (SSSR count). The van der Waals surface area contributed by atoms with Gasteiger partial charge in [0.1, 0.15) is 17.3 Å². The maximum atomic E-state index is 12.7. The minimum atomic E-state index is -3.28. The smallest absolute Gasteiger partial charge is 0.255 e. The van der Waals surface area contributed by atoms with Gasteiger partial charge in [-0.25, -0.2) is 13.4 Å². The summed E-state index contributed by atoms with van der Waals surface area (Å²) in [5, 5.41) is 0. The summed E-state index contributed by atoms with van der Waals surface area (Å²) in [4.78, 5) is 26.3. The summed E-state index contributed by atoms with van der Waals surface area (Å²) in [7, 11) is -3.28. The Balaban J connectivity index is 1.46. The average molecular weight is 444 g/mol. The van der Waals surface area contributed by atoms with Crippen LogP contribution < -0.4 is 5.56 Å². The Bertz CT molecular complexity index is 1220. The number of nitrogens with zero attached hydrogens (tertiary/aromatic N) is 4. The van der Waals surface area contributed by atoms with Crippen LogP contribution in [0.3, 0.4) is 0 Å². The lowest BCUT2D eigenvalue weighted by molar-refractivity contribution is 0.218. The van der Waals surface area contributed by atoms with Gasteiger partial charge in [0.2, 0.25) is 10.0 Å². The van der Waals surface area contributed by atoms with Gasteiger partial charge in [-0.3, -0.25) is 14.7 Å². The highest BCUT2D eigenvalue weighted by Crippen LogP contribution is 2.21. The van der Waals surface area contributed by atoms with Gasteiger partial charge in [0.05, 0.1) is 30.6 Å². The molecule has 4 heterocycles. The van der Waals surface area contributed by atoms with E-state index in [2.05, 4.69) is 19.9 Å². The molecule has 0 saturated carbocycles. The summed E-state index contributed by atoms with van der Waals surface area (Å²) < 4.78 is 30.8. The van der Waals surface area contributed by atoms with Gasteiger partial charge >= 0.3 is 0 Å². The Morgan fingerprint density at radius 1 is 1.19 bits per heavy atom. The Kier molecular flexibility index (Phi) is 6.03. The zero-order chi connectivity index (χ0) is 22.0. The quantitative estimate of drug-likeness (QED) is 0.592. The van der Waals surface area contributed by atoms with Crippen molar-refractivity contribution in [2.45, 2.75) is 33.0 Å². The normalized spacial score (nSPS) is 14.7. The van der Waals surface area contributed by atoms with Crippen molar-refractivity contribution < 1.29 is 12.8 Å². The molecule has 1 aliphatic heterocycles. The van der Waals surface area contributed by atoms with Gasteiger partial charge in [-0.1, -0.05) is 6.92 Å². The van der Waals surface area contributed by atoms with E-state index in [1.807, 2.05) is 18.2 Å². The summed E-state index contributed by atoms with van der Waals surface area (Å²) in [5.41, 5.74) is 2.19. The number of nitrogens with one attached hydrogen (secondary N) is 1. The molecule has 10 heteroatoms. The number of hydrogen-bond donors (Lipinski definition) is 1. The van der Waals surface area contributed by atoms with Gasteiger partial charge in [-0.2, -0.15) is 4.31 Å². The molecule has 1 N–H and O–H groups in total. The van der Waals surface area contributed by atoms with E-state index in [-0.39, 0.29) is 12.1 Å². The molecule has 9 nitrogen and oxygen atoms in total. The van der Waals surface area contributed by atoms with Gasteiger partial charge in [0.15, 0.2) is 0 Å². The van der Waals surface area contributed by atoms with E-state index in [1.165, 1.54) is 10.6 Å². The first-order valence-electron chi connectivity index (χ1n) is 10.1. The molecule has 0 fully saturated rings. The van der Waals surface area contributed by atoms with Gasteiger partial charge < -0.3 is 9.40 Å². The minimum Gasteiger partial charge on any atom is -0.463 e. The van der Waals surface area contributed by atoms with Gasteiger partial charge in [-0.05, 0) is 24.3 Å². The SMILES string of the molecule is CCN(Cc1ccc(CN2CCc3nc(-c4ccncc4)[nH]c(=O)c3C2)o1)S(C)(=O)=O. The molecule has 0 spiro atoms. The van der Waals surface area contributed by atoms with Crippen LogP contribution in [0.25, 0.3) is 11.4 Å². The Hall–Kier alpha value is -2.82. The molecule has 0 amide bonds. The molecule has 3 aromatic heterocycles. The van der Waals surface area contributed by atoms with Crippen molar-refractivity contribution in [2.24, 2.45) is 0 Å². The second kappa shape index (κ2) is 8.74. The van der Waals surface area contributed by atoms with E-state index >= 15 is 0 Å². The maximum absolute atomic E-state index is 12.7. The lowest BCUT2D eigenvalue weighted by Gasteiger charge is -2.26. The van der Waals surface area contributed by atoms with Crippen LogP contribution in [0.4, 0.5) is 0 Å². The summed E-state index contributed by atoms with van der Waals surface area (Å²) in [5.74, 6) is 1.89. The van der Waals surface area contributed by atoms with E-state index in [0.717, 1.165) is 23.6 Å². The number of H-pyrrole nitrogens is 1. The minimum absolute atomic E-state index is 0.131. The third-order valence-electron chi connectivity index (χ3n) is 5.35. The second-order valence-electron chi connectivity index (χ2n) is 7.59. The monoisotopic (exact) mass is 443 g/mol. The number of hydrogen-bond acceptors (Lipinski definition) is 7. The predicted molar refractivity (Wildman–Crippen MR) is 116 cm³/mol. The van der Waals surface area contributed by atoms with Crippen LogP contribution in [-0.2, 0) is 36.1 Å². The Morgan fingerprint density at radius 3 is 2.65 bits per heavy atom. The molecule has 0 radical (unpaired) electrons. The molecule has 0 unspecified atom stereocenters. The van der Waals surface area contributed by atoms with Crippen molar-refractivity contribution in [1.29, 1.82) is 0 Å². The zero-order valence-corrected chi connectivity index (χ0v) is 18.4. The van der Waals surface area contributed by atoms with Crippen LogP contribution in [0.15, 0.2) is 45.9 Å². The summed E-state index contributed by atoms with van der Waals surface area (Å²) in [6.07, 6.45) is 5.20. The largest absolute Gasteiger partial charge is 0.463 e. The lowest BCUT2D eigenvalue weighted by atomic mass is 10.1. The maximum Gasteiger partial charge on any atom is 0.255 e. The molecule has 164 valence electrons. The van der Waals surface area contributed by atoms with Crippen molar-refractivity contribution in [1.82, 2.24) is 24.2 Å². The van der Waals surface area contributed by atoms with E-state index < -0.39 is 10.0 Å². The van der Waals surface area contributed by atoms with E-state index in [4.69, 9.17) is 4.42 Å². The molecule has 0 saturated heterocycles. The van der Waals surface area contributed by atoms with Gasteiger partial charge in [-0.15, -0.1) is 0 Å². The Morgan fingerprint density at radius 2 is 1.94 bits per heavy atom. The first-order chi connectivity index (χ1) is 14.8. The van der Waals surface area contributed by atoms with E-state index in [0.29, 0.717) is 43.2 Å². The molecule has 31 heavy (non-hydrogen) atoms. The third kappa shape index (κ3) is 4.92. The zero-order valence-electron chi connectivity index (χ0n) is 17.5. The number of aromatic nitrogens is 3. The predicted octanol–water partition coefficient (Wildman–Crippen LogP) is 1.76. The number of pyridine rings is 1. The van der Waals surface area contributed by atoms with E-state index in [9.17, 15) is 13.2 Å². The molecular weight excluding hydrogens is 418 g/mol. The highest BCUT2D eigenvalue weighted by molar-refractivity contribution is 7.88. The summed E-state index contributed by atoms with van der Waals surface area (Å²) in [6, 6.07) is 7.29. The van der Waals surface area contributed by atoms with Crippen molar-refractivity contribution in [3.05, 3.63) is 69.8 Å². The highest BCUT2D eigenvalue weighted by atomic mass is 32.2. The fourth-order valence-electron chi connectivity index (χ4n) is 3.71. The molecule has 1 aliphatic rings. The number of rotatable bonds is 7. The number of aromatic amines is 1. The van der Waals surface area contributed by atoms with Gasteiger partial charge in [0.25, 0.3) is 5.56 Å². The van der Waals surface area contributed by atoms with E-state index in [1.54, 1.807) is 25.4 Å². The van der Waals surface area contributed by atoms with Gasteiger partial charge in [0, 0.05) is 44.0 Å². The van der Waals surface area contributed by atoms with Crippen LogP contribution in [0.1, 0.15) is 29.7 Å². The lowest BCUT2D eigenvalue weighted by Crippen LogP contribution is -2.35. The van der Waals surface area contributed by atoms with Crippen molar-refractivity contribution in [3.63, 3.8) is 0 Å². The highest BCUT2D eigenvalue weighted by Gasteiger charge is 2.23. The van der Waals surface area contributed by atoms with Crippen LogP contribution in [0.2, 0.25) is 0 Å². The molecule has 0 bridgehead atoms. The number of sulfonamides is 1. The fraction of sp³-hybridized carbons (Fsp3) is 0.381.